The van der Waals surface area contributed by atoms with Gasteiger partial charge in [-0.1, -0.05) is 0 Å². The van der Waals surface area contributed by atoms with E-state index >= 15 is 0 Å². The zero-order valence-corrected chi connectivity index (χ0v) is 21.3. The van der Waals surface area contributed by atoms with E-state index in [0.717, 1.165) is 18.8 Å². The van der Waals surface area contributed by atoms with Crippen molar-refractivity contribution < 1.29 is 81.8 Å². The number of halogens is 6. The Hall–Kier alpha value is -1.21. The van der Waals surface area contributed by atoms with Gasteiger partial charge < -0.3 is 44.6 Å². The van der Waals surface area contributed by atoms with E-state index in [4.69, 9.17) is 30.7 Å². The molecule has 0 unspecified atom stereocenters. The van der Waals surface area contributed by atoms with E-state index in [9.17, 15) is 26.3 Å². The largest absolute Gasteiger partial charge is 2.00 e. The summed E-state index contributed by atoms with van der Waals surface area (Å²) in [6.07, 6.45) is 6.30. The fourth-order valence-corrected chi connectivity index (χ4v) is 1.47. The number of hydrogen-bond acceptors (Lipinski definition) is 12. The molecule has 0 saturated carbocycles. The number of nitrogens with one attached hydrogen (secondary N) is 1. The number of rotatable bonds is 0. The van der Waals surface area contributed by atoms with Crippen molar-refractivity contribution in [1.82, 2.24) is 30.8 Å². The van der Waals surface area contributed by atoms with Gasteiger partial charge in [0.15, 0.2) is 32.1 Å². The molecule has 2 rings (SSSR count). The number of hydrogen-bond donors (Lipinski definition) is 6. The molecule has 0 spiro atoms. The molecule has 2 aliphatic rings. The molecule has 0 radical (unpaired) electrons. The van der Waals surface area contributed by atoms with Gasteiger partial charge in [0, 0.05) is 19.4 Å². The standard InChI is InChI=1S/C9H11NO.2CHF3O3S.5H3N.Os/c1-7-8(4-5-10-7)9-3-2-6-11-9;2*2-1(3,4)8(5,6)7;;;;;;/h4-5H,2-3,6H2,1H3;2*(H,5,6,7);5*1H3;/q;;;;;;;;+2/p-1/b9-8-;;;;;;;;. The quantitative estimate of drug-likeness (QED) is 0.116. The van der Waals surface area contributed by atoms with Crippen LogP contribution >= 0.6 is 0 Å². The van der Waals surface area contributed by atoms with Gasteiger partial charge in [0.25, 0.3) is 0 Å². The fourth-order valence-electron chi connectivity index (χ4n) is 1.47. The minimum atomic E-state index is -6.09. The molecule has 0 bridgehead atoms. The summed E-state index contributed by atoms with van der Waals surface area (Å²) < 4.78 is 123. The molecule has 0 aromatic carbocycles. The van der Waals surface area contributed by atoms with Gasteiger partial charge in [0.05, 0.1) is 12.2 Å². The van der Waals surface area contributed by atoms with E-state index in [0.29, 0.717) is 0 Å². The first kappa shape index (κ1) is 49.0. The van der Waals surface area contributed by atoms with Gasteiger partial charge in [-0.05, 0) is 6.42 Å². The molecule has 33 heavy (non-hydrogen) atoms. The smallest absolute Gasteiger partial charge is 0.741 e. The summed E-state index contributed by atoms with van der Waals surface area (Å²) in [6, 6.07) is 0. The Morgan fingerprint density at radius 2 is 1.21 bits per heavy atom. The zero-order valence-electron chi connectivity index (χ0n) is 17.1. The maximum absolute atomic E-state index is 10.7. The number of allylic oxidation sites excluding steroid dienone is 3. The molecule has 22 heteroatoms. The second-order valence-electron chi connectivity index (χ2n) is 4.69. The molecule has 16 N–H and O–H groups in total. The summed E-state index contributed by atoms with van der Waals surface area (Å²) >= 11 is 0. The van der Waals surface area contributed by atoms with E-state index in [1.54, 1.807) is 0 Å². The maximum atomic E-state index is 10.7. The van der Waals surface area contributed by atoms with Gasteiger partial charge in [-0.25, -0.2) is 21.8 Å². The minimum Gasteiger partial charge on any atom is -0.741 e. The van der Waals surface area contributed by atoms with E-state index in [1.807, 2.05) is 6.20 Å². The number of ether oxygens (including phenoxy) is 1. The molecule has 0 amide bonds. The first-order chi connectivity index (χ1) is 11.9. The van der Waals surface area contributed by atoms with Crippen molar-refractivity contribution in [3.8, 4) is 0 Å². The SMILES string of the molecule is CC1=[NH+]C=C/C1=C1\CCCO1.N.N.N.N.N.O=S(=O)([O-])C(F)(F)F.O=S(=O)([O-])C(F)(F)F.[Os+2]. The molecule has 204 valence electrons. The number of alkyl halides is 6. The van der Waals surface area contributed by atoms with Crippen molar-refractivity contribution in [2.75, 3.05) is 6.61 Å². The van der Waals surface area contributed by atoms with E-state index in [1.165, 1.54) is 17.7 Å². The summed E-state index contributed by atoms with van der Waals surface area (Å²) in [4.78, 5) is 3.14. The monoisotopic (exact) mass is 725 g/mol. The van der Waals surface area contributed by atoms with Crippen LogP contribution in [0.2, 0.25) is 0 Å². The average Bonchev–Trinajstić information content (AvgIpc) is 3.05. The molecule has 1 saturated heterocycles. The fraction of sp³-hybridized carbons (Fsp3) is 0.545. The molecular weight excluding hydrogens is 697 g/mol. The Bertz CT molecular complexity index is 795. The van der Waals surface area contributed by atoms with Crippen LogP contribution in [0.15, 0.2) is 23.6 Å². The Balaban J connectivity index is -0.0000000575. The summed E-state index contributed by atoms with van der Waals surface area (Å²) in [7, 11) is -12.2. The Morgan fingerprint density at radius 3 is 1.39 bits per heavy atom. The van der Waals surface area contributed by atoms with Crippen LogP contribution in [0.4, 0.5) is 26.3 Å². The van der Waals surface area contributed by atoms with E-state index < -0.39 is 31.3 Å². The van der Waals surface area contributed by atoms with Crippen molar-refractivity contribution in [3.63, 3.8) is 0 Å². The van der Waals surface area contributed by atoms with Gasteiger partial charge >= 0.3 is 30.8 Å². The predicted molar refractivity (Wildman–Crippen MR) is 99.6 cm³/mol. The van der Waals surface area contributed by atoms with Gasteiger partial charge in [-0.2, -0.15) is 26.3 Å². The Labute approximate surface area is 199 Å². The molecule has 1 fully saturated rings. The maximum Gasteiger partial charge on any atom is 2.00 e. The summed E-state index contributed by atoms with van der Waals surface area (Å²) in [6.45, 7) is 2.96. The van der Waals surface area contributed by atoms with Crippen LogP contribution in [0.3, 0.4) is 0 Å². The average molecular weight is 724 g/mol. The predicted octanol–water partition coefficient (Wildman–Crippen LogP) is 1.03. The van der Waals surface area contributed by atoms with Crippen molar-refractivity contribution in [2.45, 2.75) is 30.8 Å². The van der Waals surface area contributed by atoms with Gasteiger partial charge in [0.2, 0.25) is 0 Å². The summed E-state index contributed by atoms with van der Waals surface area (Å²) in [5.74, 6) is 1.16. The third-order valence-corrected chi connectivity index (χ3v) is 3.78. The normalized spacial score (nSPS) is 16.5. The van der Waals surface area contributed by atoms with Crippen LogP contribution in [0, 0.1) is 0 Å². The second kappa shape index (κ2) is 18.2. The Kier molecular flexibility index (Phi) is 27.0. The molecule has 2 aliphatic heterocycles. The summed E-state index contributed by atoms with van der Waals surface area (Å²) in [5.41, 5.74) is -8.83. The van der Waals surface area contributed by atoms with Crippen LogP contribution in [-0.4, -0.2) is 49.3 Å². The minimum absolute atomic E-state index is 0. The van der Waals surface area contributed by atoms with Crippen LogP contribution in [-0.2, 0) is 44.8 Å². The van der Waals surface area contributed by atoms with Gasteiger partial charge in [-0.3, -0.25) is 0 Å². The molecular formula is C11H27F6N6O7OsS2+. The van der Waals surface area contributed by atoms with Crippen LogP contribution < -0.4 is 35.7 Å². The molecule has 2 heterocycles. The third kappa shape index (κ3) is 17.9. The van der Waals surface area contributed by atoms with Crippen LogP contribution in [0.1, 0.15) is 19.8 Å². The zero-order chi connectivity index (χ0) is 21.7. The molecule has 0 aromatic heterocycles. The Morgan fingerprint density at radius 1 is 0.879 bits per heavy atom. The van der Waals surface area contributed by atoms with Crippen LogP contribution in [0.25, 0.3) is 0 Å². The van der Waals surface area contributed by atoms with E-state index in [-0.39, 0.29) is 50.5 Å². The third-order valence-electron chi connectivity index (χ3n) is 2.65. The molecule has 13 nitrogen and oxygen atoms in total. The molecule has 0 aromatic rings. The molecule has 0 aliphatic carbocycles. The van der Waals surface area contributed by atoms with Gasteiger partial charge in [0.1, 0.15) is 5.76 Å². The van der Waals surface area contributed by atoms with Crippen molar-refractivity contribution >= 4 is 25.9 Å². The van der Waals surface area contributed by atoms with E-state index in [2.05, 4.69) is 18.0 Å². The second-order valence-corrected chi connectivity index (χ2v) is 7.43. The topological polar surface area (TPSA) is 313 Å². The first-order valence-electron chi connectivity index (χ1n) is 6.55. The van der Waals surface area contributed by atoms with Crippen molar-refractivity contribution in [3.05, 3.63) is 23.6 Å². The molecule has 0 atom stereocenters. The van der Waals surface area contributed by atoms with Crippen LogP contribution in [0.5, 0.6) is 0 Å². The van der Waals surface area contributed by atoms with Gasteiger partial charge in [-0.15, -0.1) is 0 Å². The summed E-state index contributed by atoms with van der Waals surface area (Å²) in [5, 5.41) is 0. The van der Waals surface area contributed by atoms with Crippen molar-refractivity contribution in [1.29, 1.82) is 0 Å². The first-order valence-corrected chi connectivity index (χ1v) is 9.37. The van der Waals surface area contributed by atoms with Crippen molar-refractivity contribution in [2.24, 2.45) is 0 Å².